The molecule has 0 fully saturated rings. The highest BCUT2D eigenvalue weighted by Gasteiger charge is 2.23. The van der Waals surface area contributed by atoms with Crippen molar-refractivity contribution in [3.8, 4) is 0 Å². The van der Waals surface area contributed by atoms with Gasteiger partial charge in [-0.05, 0) is 50.0 Å². The molecule has 1 aromatic rings. The molecule has 1 aromatic carbocycles. The van der Waals surface area contributed by atoms with Gasteiger partial charge in [-0.15, -0.1) is 0 Å². The maximum absolute atomic E-state index is 12.6. The average Bonchev–Trinajstić information content (AvgIpc) is 2.59. The maximum atomic E-state index is 12.6. The standard InChI is InChI=1S/C19H30N4O3S/c1-12(2)10-16(21-17(24)15-9-7-6-8-13(15)3)18(25)22-23-19(27)20-14(4)11-26-5/h6-9,12,14,16H,10-11H2,1-5H3,(H,21,24)(H,22,25)(H2,20,23,27)/t14-,16-/m0/s1. The molecule has 0 aliphatic carbocycles. The van der Waals surface area contributed by atoms with Gasteiger partial charge in [-0.2, -0.15) is 0 Å². The van der Waals surface area contributed by atoms with Crippen LogP contribution in [0.2, 0.25) is 0 Å². The number of amides is 2. The van der Waals surface area contributed by atoms with Gasteiger partial charge in [0.1, 0.15) is 6.04 Å². The zero-order valence-corrected chi connectivity index (χ0v) is 17.4. The number of hydrogen-bond acceptors (Lipinski definition) is 4. The van der Waals surface area contributed by atoms with Crippen LogP contribution < -0.4 is 21.5 Å². The van der Waals surface area contributed by atoms with E-state index in [9.17, 15) is 9.59 Å². The van der Waals surface area contributed by atoms with Crippen molar-refractivity contribution in [3.63, 3.8) is 0 Å². The summed E-state index contributed by atoms with van der Waals surface area (Å²) in [6.45, 7) is 8.24. The highest BCUT2D eigenvalue weighted by molar-refractivity contribution is 7.80. The lowest BCUT2D eigenvalue weighted by molar-refractivity contribution is -0.123. The quantitative estimate of drug-likeness (QED) is 0.396. The van der Waals surface area contributed by atoms with Crippen molar-refractivity contribution in [1.82, 2.24) is 21.5 Å². The van der Waals surface area contributed by atoms with Gasteiger partial charge in [-0.1, -0.05) is 32.0 Å². The lowest BCUT2D eigenvalue weighted by Crippen LogP contribution is -2.55. The minimum atomic E-state index is -0.677. The molecule has 7 nitrogen and oxygen atoms in total. The third-order valence-electron chi connectivity index (χ3n) is 3.81. The molecule has 0 saturated heterocycles. The second-order valence-corrected chi connectivity index (χ2v) is 7.32. The fourth-order valence-corrected chi connectivity index (χ4v) is 2.78. The van der Waals surface area contributed by atoms with Gasteiger partial charge in [-0.25, -0.2) is 0 Å². The van der Waals surface area contributed by atoms with Gasteiger partial charge in [0.15, 0.2) is 5.11 Å². The molecule has 1 rings (SSSR count). The van der Waals surface area contributed by atoms with Crippen molar-refractivity contribution in [3.05, 3.63) is 35.4 Å². The van der Waals surface area contributed by atoms with Crippen LogP contribution in [-0.4, -0.2) is 42.7 Å². The summed E-state index contributed by atoms with van der Waals surface area (Å²) in [7, 11) is 1.60. The molecule has 0 radical (unpaired) electrons. The Morgan fingerprint density at radius 2 is 1.78 bits per heavy atom. The Labute approximate surface area is 166 Å². The number of rotatable bonds is 8. The molecule has 4 N–H and O–H groups in total. The molecule has 2 atom stereocenters. The Morgan fingerprint density at radius 3 is 2.37 bits per heavy atom. The van der Waals surface area contributed by atoms with Crippen molar-refractivity contribution in [1.29, 1.82) is 0 Å². The number of aryl methyl sites for hydroxylation is 1. The Bertz CT molecular complexity index is 652. The molecule has 0 aliphatic rings. The summed E-state index contributed by atoms with van der Waals surface area (Å²) in [6.07, 6.45) is 0.505. The number of carbonyl (C=O) groups excluding carboxylic acids is 2. The summed E-state index contributed by atoms with van der Waals surface area (Å²) < 4.78 is 5.02. The molecule has 0 saturated carbocycles. The number of methoxy groups -OCH3 is 1. The van der Waals surface area contributed by atoms with Gasteiger partial charge in [0.05, 0.1) is 6.61 Å². The minimum Gasteiger partial charge on any atom is -0.383 e. The number of hydrogen-bond donors (Lipinski definition) is 4. The molecule has 0 spiro atoms. The van der Waals surface area contributed by atoms with Crippen molar-refractivity contribution >= 4 is 29.1 Å². The molecule has 0 unspecified atom stereocenters. The highest BCUT2D eigenvalue weighted by atomic mass is 32.1. The Hall–Kier alpha value is -2.19. The number of benzene rings is 1. The summed E-state index contributed by atoms with van der Waals surface area (Å²) >= 11 is 5.14. The van der Waals surface area contributed by atoms with E-state index in [-0.39, 0.29) is 28.9 Å². The van der Waals surface area contributed by atoms with Crippen LogP contribution in [0.5, 0.6) is 0 Å². The molecule has 0 aromatic heterocycles. The van der Waals surface area contributed by atoms with Crippen LogP contribution in [0.15, 0.2) is 24.3 Å². The zero-order valence-electron chi connectivity index (χ0n) is 16.6. The highest BCUT2D eigenvalue weighted by Crippen LogP contribution is 2.10. The van der Waals surface area contributed by atoms with Crippen molar-refractivity contribution in [2.24, 2.45) is 5.92 Å². The van der Waals surface area contributed by atoms with Crippen molar-refractivity contribution < 1.29 is 14.3 Å². The molecule has 0 heterocycles. The number of carbonyl (C=O) groups is 2. The molecule has 150 valence electrons. The first-order valence-electron chi connectivity index (χ1n) is 8.96. The molecule has 8 heteroatoms. The molecule has 27 heavy (non-hydrogen) atoms. The minimum absolute atomic E-state index is 0.000813. The summed E-state index contributed by atoms with van der Waals surface area (Å²) in [6, 6.07) is 6.59. The lowest BCUT2D eigenvalue weighted by atomic mass is 10.0. The molecular formula is C19H30N4O3S. The summed E-state index contributed by atoms with van der Waals surface area (Å²) in [4.78, 5) is 25.1. The predicted octanol–water partition coefficient (Wildman–Crippen LogP) is 1.67. The van der Waals surface area contributed by atoms with E-state index in [0.717, 1.165) is 5.56 Å². The van der Waals surface area contributed by atoms with Gasteiger partial charge in [0, 0.05) is 18.7 Å². The largest absolute Gasteiger partial charge is 0.383 e. The normalized spacial score (nSPS) is 12.8. The third-order valence-corrected chi connectivity index (χ3v) is 4.03. The summed E-state index contributed by atoms with van der Waals surface area (Å²) in [5.41, 5.74) is 6.63. The van der Waals surface area contributed by atoms with E-state index in [0.29, 0.717) is 18.6 Å². The predicted molar refractivity (Wildman–Crippen MR) is 110 cm³/mol. The van der Waals surface area contributed by atoms with Gasteiger partial charge in [0.25, 0.3) is 11.8 Å². The SMILES string of the molecule is COC[C@H](C)NC(=S)NNC(=O)[C@H](CC(C)C)NC(=O)c1ccccc1C. The van der Waals surface area contributed by atoms with Gasteiger partial charge < -0.3 is 15.4 Å². The number of hydrazine groups is 1. The zero-order chi connectivity index (χ0) is 20.4. The third kappa shape index (κ3) is 8.36. The molecule has 0 bridgehead atoms. The molecule has 0 aliphatic heterocycles. The van der Waals surface area contributed by atoms with Crippen molar-refractivity contribution in [2.45, 2.75) is 46.2 Å². The second-order valence-electron chi connectivity index (χ2n) is 6.91. The first-order valence-corrected chi connectivity index (χ1v) is 9.37. The van der Waals surface area contributed by atoms with Crippen LogP contribution >= 0.6 is 12.2 Å². The van der Waals surface area contributed by atoms with E-state index in [4.69, 9.17) is 17.0 Å². The number of thiocarbonyl (C=S) groups is 1. The maximum Gasteiger partial charge on any atom is 0.260 e. The smallest absolute Gasteiger partial charge is 0.260 e. The van der Waals surface area contributed by atoms with E-state index < -0.39 is 6.04 Å². The van der Waals surface area contributed by atoms with Crippen LogP contribution in [0.25, 0.3) is 0 Å². The molecule has 2 amide bonds. The van der Waals surface area contributed by atoms with Crippen molar-refractivity contribution in [2.75, 3.05) is 13.7 Å². The average molecular weight is 395 g/mol. The van der Waals surface area contributed by atoms with Crippen LogP contribution in [0.1, 0.15) is 43.1 Å². The summed E-state index contributed by atoms with van der Waals surface area (Å²) in [5.74, 6) is -0.401. The van der Waals surface area contributed by atoms with E-state index >= 15 is 0 Å². The van der Waals surface area contributed by atoms with Gasteiger partial charge in [-0.3, -0.25) is 20.4 Å². The number of ether oxygens (including phenoxy) is 1. The Kier molecular flexibility index (Phi) is 9.74. The van der Waals surface area contributed by atoms with Gasteiger partial charge >= 0.3 is 0 Å². The van der Waals surface area contributed by atoms with E-state index in [2.05, 4.69) is 21.5 Å². The fourth-order valence-electron chi connectivity index (χ4n) is 2.52. The fraction of sp³-hybridized carbons (Fsp3) is 0.526. The first-order chi connectivity index (χ1) is 12.7. The van der Waals surface area contributed by atoms with Crippen LogP contribution in [0.4, 0.5) is 0 Å². The van der Waals surface area contributed by atoms with E-state index in [1.165, 1.54) is 0 Å². The number of nitrogens with one attached hydrogen (secondary N) is 4. The molecular weight excluding hydrogens is 364 g/mol. The van der Waals surface area contributed by atoms with Crippen LogP contribution in [0, 0.1) is 12.8 Å². The van der Waals surface area contributed by atoms with E-state index in [1.54, 1.807) is 19.2 Å². The monoisotopic (exact) mass is 394 g/mol. The van der Waals surface area contributed by atoms with Crippen LogP contribution in [0.3, 0.4) is 0 Å². The summed E-state index contributed by atoms with van der Waals surface area (Å²) in [5, 5.41) is 6.08. The lowest BCUT2D eigenvalue weighted by Gasteiger charge is -2.22. The topological polar surface area (TPSA) is 91.5 Å². The van der Waals surface area contributed by atoms with Gasteiger partial charge in [0.2, 0.25) is 0 Å². The van der Waals surface area contributed by atoms with E-state index in [1.807, 2.05) is 39.8 Å². The first kappa shape index (κ1) is 22.9. The van der Waals surface area contributed by atoms with Crippen LogP contribution in [-0.2, 0) is 9.53 Å². The Morgan fingerprint density at radius 1 is 1.11 bits per heavy atom. The second kappa shape index (κ2) is 11.5. The Balaban J connectivity index is 2.67.